The lowest BCUT2D eigenvalue weighted by atomic mass is 9.95. The van der Waals surface area contributed by atoms with Crippen molar-refractivity contribution in [3.8, 4) is 0 Å². The fraction of sp³-hybridized carbons (Fsp3) is 0.350. The fourth-order valence-electron chi connectivity index (χ4n) is 3.11. The van der Waals surface area contributed by atoms with E-state index in [1.165, 1.54) is 26.2 Å². The Morgan fingerprint density at radius 3 is 2.27 bits per heavy atom. The summed E-state index contributed by atoms with van der Waals surface area (Å²) in [5.41, 5.74) is 2.17. The maximum Gasteiger partial charge on any atom is 0.253 e. The normalized spacial score (nSPS) is 14.5. The Labute approximate surface area is 153 Å². The van der Waals surface area contributed by atoms with Gasteiger partial charge in [-0.25, -0.2) is 4.98 Å². The molecule has 0 bridgehead atoms. The molecule has 0 aliphatic heterocycles. The van der Waals surface area contributed by atoms with Crippen LogP contribution in [-0.4, -0.2) is 22.8 Å². The molecule has 0 spiro atoms. The molecule has 1 aliphatic carbocycles. The van der Waals surface area contributed by atoms with Crippen molar-refractivity contribution in [1.82, 2.24) is 10.3 Å². The van der Waals surface area contributed by atoms with Gasteiger partial charge in [0.25, 0.3) is 5.91 Å². The number of hydrogen-bond donors (Lipinski definition) is 3. The molecule has 1 aliphatic rings. The standard InChI is InChI=1S/C20H24N4O2/c1-14(25)22-17-8-10-18(11-9-17)23-19-12-7-15(13-21-19)20(26)24-16-5-3-2-4-6-16/h7-13,16H,2-6H2,1H3,(H,21,23)(H,22,25)(H,24,26). The van der Waals surface area contributed by atoms with Crippen molar-refractivity contribution < 1.29 is 9.59 Å². The van der Waals surface area contributed by atoms with Crippen LogP contribution in [0.15, 0.2) is 42.6 Å². The number of hydrogen-bond acceptors (Lipinski definition) is 4. The molecule has 6 heteroatoms. The average molecular weight is 352 g/mol. The molecular formula is C20H24N4O2. The summed E-state index contributed by atoms with van der Waals surface area (Å²) in [5.74, 6) is 0.497. The number of carbonyl (C=O) groups excluding carboxylic acids is 2. The number of benzene rings is 1. The van der Waals surface area contributed by atoms with Crippen LogP contribution in [0.1, 0.15) is 49.4 Å². The van der Waals surface area contributed by atoms with Crippen molar-refractivity contribution in [2.75, 3.05) is 10.6 Å². The summed E-state index contributed by atoms with van der Waals surface area (Å²) >= 11 is 0. The first-order valence-corrected chi connectivity index (χ1v) is 9.02. The van der Waals surface area contributed by atoms with E-state index in [1.54, 1.807) is 18.3 Å². The highest BCUT2D eigenvalue weighted by Gasteiger charge is 2.16. The molecule has 0 saturated heterocycles. The third kappa shape index (κ3) is 5.05. The lowest BCUT2D eigenvalue weighted by Gasteiger charge is -2.22. The minimum Gasteiger partial charge on any atom is -0.349 e. The first-order valence-electron chi connectivity index (χ1n) is 9.02. The number of nitrogens with zero attached hydrogens (tertiary/aromatic N) is 1. The molecule has 3 rings (SSSR count). The topological polar surface area (TPSA) is 83.1 Å². The van der Waals surface area contributed by atoms with Gasteiger partial charge in [0.05, 0.1) is 5.56 Å². The average Bonchev–Trinajstić information content (AvgIpc) is 2.64. The molecular weight excluding hydrogens is 328 g/mol. The van der Waals surface area contributed by atoms with Gasteiger partial charge >= 0.3 is 0 Å². The van der Waals surface area contributed by atoms with Crippen LogP contribution in [0.25, 0.3) is 0 Å². The van der Waals surface area contributed by atoms with Crippen LogP contribution in [0.3, 0.4) is 0 Å². The summed E-state index contributed by atoms with van der Waals surface area (Å²) < 4.78 is 0. The molecule has 1 aromatic carbocycles. The number of rotatable bonds is 5. The molecule has 0 atom stereocenters. The van der Waals surface area contributed by atoms with Crippen LogP contribution in [0.2, 0.25) is 0 Å². The van der Waals surface area contributed by atoms with Crippen LogP contribution < -0.4 is 16.0 Å². The smallest absolute Gasteiger partial charge is 0.253 e. The third-order valence-corrected chi connectivity index (χ3v) is 4.44. The first kappa shape index (κ1) is 17.9. The molecule has 3 N–H and O–H groups in total. The van der Waals surface area contributed by atoms with Gasteiger partial charge < -0.3 is 16.0 Å². The Morgan fingerprint density at radius 2 is 1.65 bits per heavy atom. The molecule has 0 unspecified atom stereocenters. The van der Waals surface area contributed by atoms with Crippen molar-refractivity contribution >= 4 is 29.0 Å². The van der Waals surface area contributed by atoms with E-state index in [0.29, 0.717) is 11.4 Å². The van der Waals surface area contributed by atoms with Crippen molar-refractivity contribution in [3.05, 3.63) is 48.2 Å². The van der Waals surface area contributed by atoms with Gasteiger partial charge in [0.2, 0.25) is 5.91 Å². The van der Waals surface area contributed by atoms with Crippen LogP contribution >= 0.6 is 0 Å². The molecule has 1 fully saturated rings. The van der Waals surface area contributed by atoms with E-state index < -0.39 is 0 Å². The minimum absolute atomic E-state index is 0.0596. The lowest BCUT2D eigenvalue weighted by molar-refractivity contribution is -0.114. The summed E-state index contributed by atoms with van der Waals surface area (Å²) in [4.78, 5) is 27.7. The molecule has 136 valence electrons. The predicted octanol–water partition coefficient (Wildman–Crippen LogP) is 3.85. The maximum atomic E-state index is 12.3. The Kier molecular flexibility index (Phi) is 5.84. The largest absolute Gasteiger partial charge is 0.349 e. The monoisotopic (exact) mass is 352 g/mol. The second kappa shape index (κ2) is 8.47. The molecule has 1 aromatic heterocycles. The Balaban J connectivity index is 1.56. The van der Waals surface area contributed by atoms with Gasteiger partial charge in [0.1, 0.15) is 5.82 Å². The molecule has 1 heterocycles. The van der Waals surface area contributed by atoms with Gasteiger partial charge in [-0.05, 0) is 49.2 Å². The van der Waals surface area contributed by atoms with Gasteiger partial charge in [0, 0.05) is 30.5 Å². The summed E-state index contributed by atoms with van der Waals surface area (Å²) in [6, 6.07) is 11.2. The number of pyridine rings is 1. The third-order valence-electron chi connectivity index (χ3n) is 4.44. The lowest BCUT2D eigenvalue weighted by Crippen LogP contribution is -2.36. The van der Waals surface area contributed by atoms with E-state index in [-0.39, 0.29) is 17.9 Å². The van der Waals surface area contributed by atoms with Gasteiger partial charge in [-0.3, -0.25) is 9.59 Å². The molecule has 26 heavy (non-hydrogen) atoms. The van der Waals surface area contributed by atoms with Gasteiger partial charge in [-0.1, -0.05) is 19.3 Å². The molecule has 2 aromatic rings. The van der Waals surface area contributed by atoms with Crippen LogP contribution in [0, 0.1) is 0 Å². The number of aromatic nitrogens is 1. The zero-order chi connectivity index (χ0) is 18.4. The molecule has 2 amide bonds. The van der Waals surface area contributed by atoms with Crippen LogP contribution in [0.4, 0.5) is 17.2 Å². The zero-order valence-corrected chi connectivity index (χ0v) is 14.9. The van der Waals surface area contributed by atoms with E-state index in [1.807, 2.05) is 24.3 Å². The first-order chi connectivity index (χ1) is 12.6. The molecule has 6 nitrogen and oxygen atoms in total. The van der Waals surface area contributed by atoms with E-state index in [2.05, 4.69) is 20.9 Å². The van der Waals surface area contributed by atoms with Crippen molar-refractivity contribution in [2.24, 2.45) is 0 Å². The Morgan fingerprint density at radius 1 is 0.962 bits per heavy atom. The second-order valence-electron chi connectivity index (χ2n) is 6.62. The highest BCUT2D eigenvalue weighted by molar-refractivity contribution is 5.94. The number of carbonyl (C=O) groups is 2. The van der Waals surface area contributed by atoms with Gasteiger partial charge in [0.15, 0.2) is 0 Å². The van der Waals surface area contributed by atoms with Crippen LogP contribution in [0.5, 0.6) is 0 Å². The maximum absolute atomic E-state index is 12.3. The molecule has 0 radical (unpaired) electrons. The van der Waals surface area contributed by atoms with Crippen molar-refractivity contribution in [1.29, 1.82) is 0 Å². The summed E-state index contributed by atoms with van der Waals surface area (Å²) in [6.45, 7) is 1.47. The molecule has 1 saturated carbocycles. The zero-order valence-electron chi connectivity index (χ0n) is 14.9. The van der Waals surface area contributed by atoms with E-state index >= 15 is 0 Å². The van der Waals surface area contributed by atoms with Crippen molar-refractivity contribution in [2.45, 2.75) is 45.1 Å². The van der Waals surface area contributed by atoms with Crippen LogP contribution in [-0.2, 0) is 4.79 Å². The quantitative estimate of drug-likeness (QED) is 0.763. The van der Waals surface area contributed by atoms with E-state index in [0.717, 1.165) is 24.2 Å². The van der Waals surface area contributed by atoms with Gasteiger partial charge in [-0.15, -0.1) is 0 Å². The predicted molar refractivity (Wildman–Crippen MR) is 103 cm³/mol. The number of anilines is 3. The van der Waals surface area contributed by atoms with E-state index in [9.17, 15) is 9.59 Å². The summed E-state index contributed by atoms with van der Waals surface area (Å²) in [7, 11) is 0. The Hall–Kier alpha value is -2.89. The number of nitrogens with one attached hydrogen (secondary N) is 3. The minimum atomic E-state index is -0.102. The Bertz CT molecular complexity index is 750. The van der Waals surface area contributed by atoms with Gasteiger partial charge in [-0.2, -0.15) is 0 Å². The number of amides is 2. The second-order valence-corrected chi connectivity index (χ2v) is 6.62. The van der Waals surface area contributed by atoms with E-state index in [4.69, 9.17) is 0 Å². The fourth-order valence-corrected chi connectivity index (χ4v) is 3.11. The highest BCUT2D eigenvalue weighted by Crippen LogP contribution is 2.19. The SMILES string of the molecule is CC(=O)Nc1ccc(Nc2ccc(C(=O)NC3CCCCC3)cn2)cc1. The summed E-state index contributed by atoms with van der Waals surface area (Å²) in [6.07, 6.45) is 7.35. The summed E-state index contributed by atoms with van der Waals surface area (Å²) in [5, 5.41) is 8.99. The highest BCUT2D eigenvalue weighted by atomic mass is 16.2. The van der Waals surface area contributed by atoms with Crippen molar-refractivity contribution in [3.63, 3.8) is 0 Å².